The highest BCUT2D eigenvalue weighted by molar-refractivity contribution is 7.07. The number of nitrogens with one attached hydrogen (secondary N) is 2. The molecule has 2 aliphatic rings. The number of carbonyl (C=O) groups is 3. The molecular formula is C16H22N4O3S. The highest BCUT2D eigenvalue weighted by Crippen LogP contribution is 2.32. The van der Waals surface area contributed by atoms with Crippen LogP contribution in [-0.4, -0.2) is 46.9 Å². The molecule has 0 radical (unpaired) electrons. The van der Waals surface area contributed by atoms with Crippen LogP contribution >= 0.6 is 11.3 Å². The lowest BCUT2D eigenvalue weighted by molar-refractivity contribution is -0.140. The third-order valence-corrected chi connectivity index (χ3v) is 5.28. The van der Waals surface area contributed by atoms with E-state index < -0.39 is 11.6 Å². The summed E-state index contributed by atoms with van der Waals surface area (Å²) in [6.07, 6.45) is 4.18. The van der Waals surface area contributed by atoms with Gasteiger partial charge in [-0.2, -0.15) is 16.3 Å². The molecule has 0 unspecified atom stereocenters. The Bertz CT molecular complexity index is 625. The number of hydrazine groups is 1. The lowest BCUT2D eigenvalue weighted by Gasteiger charge is -2.30. The Kier molecular flexibility index (Phi) is 4.86. The quantitative estimate of drug-likeness (QED) is 0.788. The van der Waals surface area contributed by atoms with Crippen molar-refractivity contribution in [2.24, 2.45) is 0 Å². The second-order valence-corrected chi connectivity index (χ2v) is 7.33. The van der Waals surface area contributed by atoms with Crippen LogP contribution in [0.25, 0.3) is 0 Å². The maximum atomic E-state index is 12.6. The number of imide groups is 1. The summed E-state index contributed by atoms with van der Waals surface area (Å²) in [5.41, 5.74) is 2.77. The summed E-state index contributed by atoms with van der Waals surface area (Å²) in [6, 6.07) is 1.47. The molecule has 3 rings (SSSR count). The van der Waals surface area contributed by atoms with Gasteiger partial charge in [0.05, 0.1) is 6.54 Å². The number of hydrogen-bond acceptors (Lipinski definition) is 5. The van der Waals surface area contributed by atoms with Crippen LogP contribution in [0, 0.1) is 0 Å². The average Bonchev–Trinajstić information content (AvgIpc) is 3.11. The van der Waals surface area contributed by atoms with Crippen LogP contribution in [0.4, 0.5) is 4.79 Å². The van der Waals surface area contributed by atoms with Crippen molar-refractivity contribution in [1.82, 2.24) is 20.7 Å². The van der Waals surface area contributed by atoms with Crippen molar-refractivity contribution in [3.63, 3.8) is 0 Å². The molecule has 0 aromatic carbocycles. The summed E-state index contributed by atoms with van der Waals surface area (Å²) < 4.78 is 0. The number of carbonyl (C=O) groups excluding carboxylic acids is 3. The molecule has 1 aromatic rings. The smallest absolute Gasteiger partial charge is 0.322 e. The van der Waals surface area contributed by atoms with E-state index in [1.54, 1.807) is 11.3 Å². The van der Waals surface area contributed by atoms with Crippen LogP contribution < -0.4 is 10.7 Å². The zero-order valence-electron chi connectivity index (χ0n) is 13.7. The second kappa shape index (κ2) is 6.90. The Morgan fingerprint density at radius 1 is 1.38 bits per heavy atom. The normalized spacial score (nSPS) is 19.8. The van der Waals surface area contributed by atoms with Crippen molar-refractivity contribution in [3.8, 4) is 0 Å². The van der Waals surface area contributed by atoms with E-state index in [2.05, 4.69) is 10.7 Å². The number of thiophene rings is 1. The van der Waals surface area contributed by atoms with E-state index in [0.717, 1.165) is 29.8 Å². The molecule has 2 heterocycles. The predicted molar refractivity (Wildman–Crippen MR) is 90.0 cm³/mol. The maximum absolute atomic E-state index is 12.6. The van der Waals surface area contributed by atoms with Gasteiger partial charge in [0.2, 0.25) is 0 Å². The number of likely N-dealkylation sites (N-methyl/N-ethyl adjacent to an activating group) is 1. The molecule has 2 N–H and O–H groups in total. The third kappa shape index (κ3) is 3.44. The van der Waals surface area contributed by atoms with Crippen molar-refractivity contribution < 1.29 is 14.4 Å². The summed E-state index contributed by atoms with van der Waals surface area (Å²) in [5.74, 6) is -0.704. The van der Waals surface area contributed by atoms with Crippen LogP contribution in [-0.2, 0) is 16.1 Å². The zero-order valence-corrected chi connectivity index (χ0v) is 14.5. The number of rotatable bonds is 5. The fourth-order valence-electron chi connectivity index (χ4n) is 3.37. The Morgan fingerprint density at radius 3 is 2.79 bits per heavy atom. The molecule has 1 saturated carbocycles. The summed E-state index contributed by atoms with van der Waals surface area (Å²) in [6.45, 7) is 0.751. The first-order chi connectivity index (χ1) is 11.5. The minimum Gasteiger partial charge on any atom is -0.322 e. The van der Waals surface area contributed by atoms with Crippen molar-refractivity contribution in [1.29, 1.82) is 0 Å². The molecule has 1 aliphatic carbocycles. The predicted octanol–water partition coefficient (Wildman–Crippen LogP) is 1.47. The molecule has 2 fully saturated rings. The van der Waals surface area contributed by atoms with E-state index in [-0.39, 0.29) is 18.4 Å². The molecule has 4 amide bonds. The Labute approximate surface area is 145 Å². The minimum atomic E-state index is -0.814. The van der Waals surface area contributed by atoms with Gasteiger partial charge in [0.25, 0.3) is 11.8 Å². The van der Waals surface area contributed by atoms with Crippen molar-refractivity contribution >= 4 is 29.2 Å². The fraction of sp³-hybridized carbons (Fsp3) is 0.562. The molecule has 1 spiro atoms. The van der Waals surface area contributed by atoms with Gasteiger partial charge in [0.1, 0.15) is 5.54 Å². The van der Waals surface area contributed by atoms with E-state index in [4.69, 9.17) is 0 Å². The molecule has 0 atom stereocenters. The average molecular weight is 350 g/mol. The van der Waals surface area contributed by atoms with Crippen LogP contribution in [0.5, 0.6) is 0 Å². The van der Waals surface area contributed by atoms with Gasteiger partial charge in [-0.15, -0.1) is 0 Å². The lowest BCUT2D eigenvalue weighted by atomic mass is 9.82. The maximum Gasteiger partial charge on any atom is 0.344 e. The highest BCUT2D eigenvalue weighted by atomic mass is 32.1. The molecule has 1 aliphatic heterocycles. The van der Waals surface area contributed by atoms with Gasteiger partial charge in [0, 0.05) is 6.54 Å². The fourth-order valence-corrected chi connectivity index (χ4v) is 4.03. The number of hydrogen-bond donors (Lipinski definition) is 2. The zero-order chi connectivity index (χ0) is 17.2. The Morgan fingerprint density at radius 2 is 2.12 bits per heavy atom. The van der Waals surface area contributed by atoms with Crippen LogP contribution in [0.3, 0.4) is 0 Å². The first kappa shape index (κ1) is 16.9. The van der Waals surface area contributed by atoms with E-state index >= 15 is 0 Å². The molecule has 24 heavy (non-hydrogen) atoms. The first-order valence-electron chi connectivity index (χ1n) is 8.16. The van der Waals surface area contributed by atoms with E-state index in [1.807, 2.05) is 28.8 Å². The number of urea groups is 1. The lowest BCUT2D eigenvalue weighted by Crippen LogP contribution is -2.52. The van der Waals surface area contributed by atoms with E-state index in [0.29, 0.717) is 19.4 Å². The topological polar surface area (TPSA) is 81.8 Å². The summed E-state index contributed by atoms with van der Waals surface area (Å²) >= 11 is 1.61. The SMILES string of the molecule is CN(CC(=O)NN1C(=O)NC2(CCCCC2)C1=O)Cc1ccsc1. The molecule has 1 saturated heterocycles. The van der Waals surface area contributed by atoms with Crippen molar-refractivity contribution in [3.05, 3.63) is 22.4 Å². The van der Waals surface area contributed by atoms with Gasteiger partial charge in [-0.25, -0.2) is 4.79 Å². The van der Waals surface area contributed by atoms with Gasteiger partial charge in [0.15, 0.2) is 0 Å². The molecule has 130 valence electrons. The van der Waals surface area contributed by atoms with Crippen LogP contribution in [0.2, 0.25) is 0 Å². The number of amides is 4. The molecule has 1 aromatic heterocycles. The second-order valence-electron chi connectivity index (χ2n) is 6.55. The van der Waals surface area contributed by atoms with Crippen molar-refractivity contribution in [2.75, 3.05) is 13.6 Å². The molecule has 7 nitrogen and oxygen atoms in total. The summed E-state index contributed by atoms with van der Waals surface area (Å²) in [5, 5.41) is 7.64. The first-order valence-corrected chi connectivity index (χ1v) is 9.10. The van der Waals surface area contributed by atoms with Gasteiger partial charge in [-0.1, -0.05) is 19.3 Å². The standard InChI is InChI=1S/C16H22N4O3S/c1-19(9-12-5-8-24-11-12)10-13(21)18-20-14(22)16(17-15(20)23)6-3-2-4-7-16/h5,8,11H,2-4,6-7,9-10H2,1H3,(H,17,23)(H,18,21). The van der Waals surface area contributed by atoms with Crippen molar-refractivity contribution in [2.45, 2.75) is 44.2 Å². The Balaban J connectivity index is 1.56. The van der Waals surface area contributed by atoms with Crippen LogP contribution in [0.1, 0.15) is 37.7 Å². The monoisotopic (exact) mass is 350 g/mol. The third-order valence-electron chi connectivity index (χ3n) is 4.55. The Hall–Kier alpha value is -1.93. The summed E-state index contributed by atoms with van der Waals surface area (Å²) in [4.78, 5) is 38.7. The molecule has 8 heteroatoms. The molecule has 0 bridgehead atoms. The van der Waals surface area contributed by atoms with Gasteiger partial charge in [-0.3, -0.25) is 19.9 Å². The number of nitrogens with zero attached hydrogens (tertiary/aromatic N) is 2. The van der Waals surface area contributed by atoms with Gasteiger partial charge >= 0.3 is 6.03 Å². The van der Waals surface area contributed by atoms with Crippen LogP contribution in [0.15, 0.2) is 16.8 Å². The van der Waals surface area contributed by atoms with Gasteiger partial charge < -0.3 is 5.32 Å². The highest BCUT2D eigenvalue weighted by Gasteiger charge is 2.52. The minimum absolute atomic E-state index is 0.111. The van der Waals surface area contributed by atoms with Gasteiger partial charge in [-0.05, 0) is 42.3 Å². The largest absolute Gasteiger partial charge is 0.344 e. The summed E-state index contributed by atoms with van der Waals surface area (Å²) in [7, 11) is 1.83. The van der Waals surface area contributed by atoms with E-state index in [1.165, 1.54) is 0 Å². The molecular weight excluding hydrogens is 328 g/mol. The van der Waals surface area contributed by atoms with E-state index in [9.17, 15) is 14.4 Å².